The van der Waals surface area contributed by atoms with Crippen LogP contribution in [-0.2, 0) is 9.68 Å². The standard InChI is InChI=1S/C22H17Cl2N3O8/c23-15-6-16-21(28)14(11-31-22(16)17(24)7-15)10-26-35-4-2-1-3-34-25-9-13-5-19-20(33-12-32-19)8-18(13)27(29)30/h5-11H,1-4,12H2/b25-9+,26-10+. The molecule has 0 bridgehead atoms. The first-order valence-electron chi connectivity index (χ1n) is 10.2. The summed E-state index contributed by atoms with van der Waals surface area (Å²) in [6.45, 7) is 0.542. The maximum absolute atomic E-state index is 12.5. The molecule has 0 spiro atoms. The van der Waals surface area contributed by atoms with E-state index >= 15 is 0 Å². The van der Waals surface area contributed by atoms with Crippen molar-refractivity contribution in [2.24, 2.45) is 10.3 Å². The van der Waals surface area contributed by atoms with E-state index in [1.807, 2.05) is 0 Å². The number of nitrogens with zero attached hydrogens (tertiary/aromatic N) is 3. The van der Waals surface area contributed by atoms with Gasteiger partial charge < -0.3 is 23.6 Å². The lowest BCUT2D eigenvalue weighted by molar-refractivity contribution is -0.385. The molecule has 0 radical (unpaired) electrons. The third-order valence-corrected chi connectivity index (χ3v) is 5.29. The Hall–Kier alpha value is -3.83. The molecule has 0 fully saturated rings. The van der Waals surface area contributed by atoms with Gasteiger partial charge in [0.2, 0.25) is 12.2 Å². The van der Waals surface area contributed by atoms with Crippen LogP contribution in [0.5, 0.6) is 11.5 Å². The number of hydrogen-bond donors (Lipinski definition) is 0. The van der Waals surface area contributed by atoms with Gasteiger partial charge in [-0.3, -0.25) is 14.9 Å². The number of hydrogen-bond acceptors (Lipinski definition) is 10. The van der Waals surface area contributed by atoms with Gasteiger partial charge in [-0.05, 0) is 31.0 Å². The number of halogens is 2. The topological polar surface area (TPSA) is 135 Å². The molecule has 0 saturated heterocycles. The van der Waals surface area contributed by atoms with Crippen LogP contribution in [0.2, 0.25) is 10.0 Å². The summed E-state index contributed by atoms with van der Waals surface area (Å²) in [4.78, 5) is 33.5. The van der Waals surface area contributed by atoms with Crippen molar-refractivity contribution >= 4 is 52.3 Å². The van der Waals surface area contributed by atoms with E-state index in [-0.39, 0.29) is 58.2 Å². The summed E-state index contributed by atoms with van der Waals surface area (Å²) in [5.74, 6) is 0.719. The summed E-state index contributed by atoms with van der Waals surface area (Å²) in [5, 5.41) is 19.6. The highest BCUT2D eigenvalue weighted by atomic mass is 35.5. The Morgan fingerprint density at radius 3 is 2.34 bits per heavy atom. The second-order valence-corrected chi connectivity index (χ2v) is 7.99. The highest BCUT2D eigenvalue weighted by Crippen LogP contribution is 2.37. The fourth-order valence-corrected chi connectivity index (χ4v) is 3.64. The second-order valence-electron chi connectivity index (χ2n) is 7.15. The molecule has 0 amide bonds. The van der Waals surface area contributed by atoms with E-state index in [4.69, 9.17) is 46.8 Å². The number of fused-ring (bicyclic) bond motifs is 2. The molecular weight excluding hydrogens is 505 g/mol. The largest absolute Gasteiger partial charge is 0.462 e. The summed E-state index contributed by atoms with van der Waals surface area (Å²) >= 11 is 12.0. The SMILES string of the molecule is O=c1c(/C=N/OCCCCO/N=C/c2cc3c(cc2[N+](=O)[O-])OCO3)coc2c(Cl)cc(Cl)cc12. The van der Waals surface area contributed by atoms with Gasteiger partial charge in [-0.15, -0.1) is 0 Å². The molecular formula is C22H17Cl2N3O8. The Labute approximate surface area is 207 Å². The molecule has 0 N–H and O–H groups in total. The predicted octanol–water partition coefficient (Wildman–Crippen LogP) is 4.92. The molecule has 0 atom stereocenters. The van der Waals surface area contributed by atoms with Crippen LogP contribution in [-0.4, -0.2) is 37.4 Å². The first-order valence-corrected chi connectivity index (χ1v) is 11.0. The normalized spacial score (nSPS) is 12.6. The minimum atomic E-state index is -0.534. The summed E-state index contributed by atoms with van der Waals surface area (Å²) in [5.41, 5.74) is 0.164. The van der Waals surface area contributed by atoms with E-state index in [0.717, 1.165) is 0 Å². The molecule has 3 aromatic rings. The zero-order valence-corrected chi connectivity index (χ0v) is 19.5. The molecule has 2 aromatic carbocycles. The van der Waals surface area contributed by atoms with Gasteiger partial charge in [0.15, 0.2) is 17.1 Å². The van der Waals surface area contributed by atoms with Crippen LogP contribution in [0.25, 0.3) is 11.0 Å². The molecule has 11 nitrogen and oxygen atoms in total. The second kappa shape index (κ2) is 11.1. The number of nitro groups is 1. The van der Waals surface area contributed by atoms with Crippen molar-refractivity contribution in [2.75, 3.05) is 20.0 Å². The lowest BCUT2D eigenvalue weighted by Crippen LogP contribution is -2.08. The molecule has 0 unspecified atom stereocenters. The van der Waals surface area contributed by atoms with Crippen molar-refractivity contribution in [3.8, 4) is 11.5 Å². The molecule has 0 saturated carbocycles. The van der Waals surface area contributed by atoms with Crippen LogP contribution in [0.1, 0.15) is 24.0 Å². The Balaban J connectivity index is 1.21. The minimum absolute atomic E-state index is 0.00901. The minimum Gasteiger partial charge on any atom is -0.462 e. The van der Waals surface area contributed by atoms with Gasteiger partial charge in [0.05, 0.1) is 45.0 Å². The molecule has 182 valence electrons. The van der Waals surface area contributed by atoms with Gasteiger partial charge in [-0.1, -0.05) is 33.5 Å². The van der Waals surface area contributed by atoms with Crippen LogP contribution in [0.15, 0.2) is 50.1 Å². The van der Waals surface area contributed by atoms with Gasteiger partial charge in [0, 0.05) is 5.02 Å². The maximum atomic E-state index is 12.5. The van der Waals surface area contributed by atoms with Crippen LogP contribution in [0, 0.1) is 10.1 Å². The van der Waals surface area contributed by atoms with Crippen molar-refractivity contribution in [2.45, 2.75) is 12.8 Å². The third-order valence-electron chi connectivity index (χ3n) is 4.79. The fraction of sp³-hybridized carbons (Fsp3) is 0.227. The molecule has 2 heterocycles. The summed E-state index contributed by atoms with van der Waals surface area (Å²) in [7, 11) is 0. The van der Waals surface area contributed by atoms with E-state index < -0.39 is 4.92 Å². The highest BCUT2D eigenvalue weighted by Gasteiger charge is 2.22. The molecule has 1 aromatic heterocycles. The molecule has 1 aliphatic heterocycles. The van der Waals surface area contributed by atoms with Crippen LogP contribution < -0.4 is 14.9 Å². The quantitative estimate of drug-likeness (QED) is 0.159. The monoisotopic (exact) mass is 521 g/mol. The average molecular weight is 522 g/mol. The van der Waals surface area contributed by atoms with Gasteiger partial charge in [-0.25, -0.2) is 0 Å². The van der Waals surface area contributed by atoms with Gasteiger partial charge >= 0.3 is 0 Å². The van der Waals surface area contributed by atoms with Crippen LogP contribution >= 0.6 is 23.2 Å². The number of benzene rings is 2. The van der Waals surface area contributed by atoms with Crippen LogP contribution in [0.4, 0.5) is 5.69 Å². The Morgan fingerprint density at radius 1 is 1.00 bits per heavy atom. The number of oxime groups is 2. The van der Waals surface area contributed by atoms with Crippen molar-refractivity contribution < 1.29 is 28.5 Å². The first kappa shape index (κ1) is 24.3. The zero-order valence-electron chi connectivity index (χ0n) is 17.9. The summed E-state index contributed by atoms with van der Waals surface area (Å²) in [6.07, 6.45) is 4.92. The summed E-state index contributed by atoms with van der Waals surface area (Å²) < 4.78 is 15.8. The van der Waals surface area contributed by atoms with E-state index in [1.165, 1.54) is 43.0 Å². The molecule has 1 aliphatic rings. The first-order chi connectivity index (χ1) is 16.9. The maximum Gasteiger partial charge on any atom is 0.282 e. The van der Waals surface area contributed by atoms with E-state index in [2.05, 4.69) is 10.3 Å². The van der Waals surface area contributed by atoms with Gasteiger partial charge in [-0.2, -0.15) is 0 Å². The Morgan fingerprint density at radius 2 is 1.66 bits per heavy atom. The smallest absolute Gasteiger partial charge is 0.282 e. The fourth-order valence-electron chi connectivity index (χ4n) is 3.10. The van der Waals surface area contributed by atoms with Crippen LogP contribution in [0.3, 0.4) is 0 Å². The van der Waals surface area contributed by atoms with Gasteiger partial charge in [0.25, 0.3) is 5.69 Å². The van der Waals surface area contributed by atoms with Crippen molar-refractivity contribution in [1.82, 2.24) is 0 Å². The highest BCUT2D eigenvalue weighted by molar-refractivity contribution is 6.38. The van der Waals surface area contributed by atoms with E-state index in [1.54, 1.807) is 0 Å². The van der Waals surface area contributed by atoms with E-state index in [0.29, 0.717) is 29.4 Å². The van der Waals surface area contributed by atoms with Gasteiger partial charge in [0.1, 0.15) is 19.5 Å². The van der Waals surface area contributed by atoms with E-state index in [9.17, 15) is 14.9 Å². The lowest BCUT2D eigenvalue weighted by atomic mass is 10.1. The number of nitro benzene ring substituents is 1. The molecule has 0 aliphatic carbocycles. The van der Waals surface area contributed by atoms with Crippen molar-refractivity contribution in [3.63, 3.8) is 0 Å². The van der Waals surface area contributed by atoms with Crippen molar-refractivity contribution in [1.29, 1.82) is 0 Å². The average Bonchev–Trinajstić information content (AvgIpc) is 3.28. The molecule has 13 heteroatoms. The number of unbranched alkanes of at least 4 members (excludes halogenated alkanes) is 1. The Bertz CT molecular complexity index is 1370. The Kier molecular flexibility index (Phi) is 7.68. The molecule has 4 rings (SSSR count). The molecule has 35 heavy (non-hydrogen) atoms. The van der Waals surface area contributed by atoms with Crippen molar-refractivity contribution in [3.05, 3.63) is 72.0 Å². The lowest BCUT2D eigenvalue weighted by Gasteiger charge is -2.02. The number of ether oxygens (including phenoxy) is 2. The zero-order chi connectivity index (χ0) is 24.8. The predicted molar refractivity (Wildman–Crippen MR) is 128 cm³/mol. The number of rotatable bonds is 10. The summed E-state index contributed by atoms with van der Waals surface area (Å²) in [6, 6.07) is 5.72. The third kappa shape index (κ3) is 5.81.